The molecule has 0 saturated heterocycles. The number of rotatable bonds is 4. The molecule has 0 aromatic heterocycles. The highest BCUT2D eigenvalue weighted by Crippen LogP contribution is 2.17. The standard InChI is InChI=1S/C10H11BrFNO2/c11-8-4-7(5-9(13)6-8)10(14)15-3-1-2-12/h4-6H,1-3,13H2. The van der Waals surface area contributed by atoms with Crippen molar-refractivity contribution in [3.63, 3.8) is 0 Å². The Hall–Kier alpha value is -1.10. The second-order valence-corrected chi connectivity index (χ2v) is 3.87. The quantitative estimate of drug-likeness (QED) is 0.522. The van der Waals surface area contributed by atoms with Crippen molar-refractivity contribution in [2.45, 2.75) is 6.42 Å². The first-order valence-corrected chi connectivity index (χ1v) is 5.22. The Labute approximate surface area is 95.5 Å². The van der Waals surface area contributed by atoms with Crippen molar-refractivity contribution in [2.24, 2.45) is 0 Å². The molecule has 3 nitrogen and oxygen atoms in total. The van der Waals surface area contributed by atoms with Crippen LogP contribution in [0, 0.1) is 0 Å². The van der Waals surface area contributed by atoms with E-state index in [0.717, 1.165) is 0 Å². The van der Waals surface area contributed by atoms with Crippen LogP contribution in [0.25, 0.3) is 0 Å². The molecular formula is C10H11BrFNO2. The van der Waals surface area contributed by atoms with Crippen LogP contribution in [0.1, 0.15) is 16.8 Å². The lowest BCUT2D eigenvalue weighted by molar-refractivity contribution is 0.0494. The van der Waals surface area contributed by atoms with E-state index in [1.165, 1.54) is 6.07 Å². The first-order chi connectivity index (χ1) is 7.13. The smallest absolute Gasteiger partial charge is 0.338 e. The molecular weight excluding hydrogens is 265 g/mol. The topological polar surface area (TPSA) is 52.3 Å². The first-order valence-electron chi connectivity index (χ1n) is 4.42. The average Bonchev–Trinajstić information content (AvgIpc) is 2.16. The highest BCUT2D eigenvalue weighted by Gasteiger charge is 2.08. The van der Waals surface area contributed by atoms with E-state index in [2.05, 4.69) is 15.9 Å². The molecule has 0 amide bonds. The zero-order valence-corrected chi connectivity index (χ0v) is 9.59. The van der Waals surface area contributed by atoms with Gasteiger partial charge in [-0.25, -0.2) is 4.79 Å². The summed E-state index contributed by atoms with van der Waals surface area (Å²) >= 11 is 3.22. The molecule has 0 fully saturated rings. The van der Waals surface area contributed by atoms with Crippen molar-refractivity contribution >= 4 is 27.6 Å². The van der Waals surface area contributed by atoms with E-state index in [1.54, 1.807) is 12.1 Å². The van der Waals surface area contributed by atoms with Gasteiger partial charge in [-0.15, -0.1) is 0 Å². The van der Waals surface area contributed by atoms with Gasteiger partial charge in [0.05, 0.1) is 18.8 Å². The first kappa shape index (κ1) is 12.0. The van der Waals surface area contributed by atoms with Crippen LogP contribution < -0.4 is 5.73 Å². The lowest BCUT2D eigenvalue weighted by atomic mass is 10.2. The van der Waals surface area contributed by atoms with Gasteiger partial charge in [-0.05, 0) is 18.2 Å². The third-order valence-corrected chi connectivity index (χ3v) is 2.12. The molecule has 1 aromatic carbocycles. The maximum absolute atomic E-state index is 11.8. The molecule has 15 heavy (non-hydrogen) atoms. The number of esters is 1. The molecule has 0 unspecified atom stereocenters. The molecule has 0 bridgehead atoms. The molecule has 82 valence electrons. The molecule has 0 saturated carbocycles. The van der Waals surface area contributed by atoms with Crippen LogP contribution in [-0.2, 0) is 4.74 Å². The molecule has 1 aromatic rings. The number of hydrogen-bond donors (Lipinski definition) is 1. The highest BCUT2D eigenvalue weighted by molar-refractivity contribution is 9.10. The predicted octanol–water partition coefficient (Wildman–Crippen LogP) is 2.55. The molecule has 0 radical (unpaired) electrons. The van der Waals surface area contributed by atoms with Crippen molar-refractivity contribution in [3.8, 4) is 0 Å². The van der Waals surface area contributed by atoms with E-state index in [9.17, 15) is 9.18 Å². The zero-order chi connectivity index (χ0) is 11.3. The number of alkyl halides is 1. The fraction of sp³-hybridized carbons (Fsp3) is 0.300. The van der Waals surface area contributed by atoms with Gasteiger partial charge in [0.25, 0.3) is 0 Å². The van der Waals surface area contributed by atoms with Gasteiger partial charge in [0.1, 0.15) is 0 Å². The molecule has 0 aliphatic rings. The molecule has 0 atom stereocenters. The van der Waals surface area contributed by atoms with Gasteiger partial charge < -0.3 is 10.5 Å². The van der Waals surface area contributed by atoms with Crippen LogP contribution in [0.15, 0.2) is 22.7 Å². The number of carbonyl (C=O) groups excluding carboxylic acids is 1. The van der Waals surface area contributed by atoms with Gasteiger partial charge in [0, 0.05) is 16.6 Å². The van der Waals surface area contributed by atoms with Gasteiger partial charge in [-0.1, -0.05) is 15.9 Å². The van der Waals surface area contributed by atoms with Crippen molar-refractivity contribution < 1.29 is 13.9 Å². The number of halogens is 2. The maximum Gasteiger partial charge on any atom is 0.338 e. The van der Waals surface area contributed by atoms with Crippen molar-refractivity contribution in [1.82, 2.24) is 0 Å². The number of anilines is 1. The second kappa shape index (κ2) is 5.70. The number of ether oxygens (including phenoxy) is 1. The number of nitrogens with two attached hydrogens (primary N) is 1. The molecule has 0 heterocycles. The Kier molecular flexibility index (Phi) is 4.55. The normalized spacial score (nSPS) is 10.0. The Morgan fingerprint density at radius 3 is 2.80 bits per heavy atom. The van der Waals surface area contributed by atoms with Gasteiger partial charge in [0.15, 0.2) is 0 Å². The summed E-state index contributed by atoms with van der Waals surface area (Å²) in [5.74, 6) is -0.489. The summed E-state index contributed by atoms with van der Waals surface area (Å²) in [5, 5.41) is 0. The Bertz CT molecular complexity index is 337. The van der Waals surface area contributed by atoms with Crippen molar-refractivity contribution in [1.29, 1.82) is 0 Å². The Morgan fingerprint density at radius 2 is 2.20 bits per heavy atom. The monoisotopic (exact) mass is 275 g/mol. The lowest BCUT2D eigenvalue weighted by Crippen LogP contribution is -2.07. The van der Waals surface area contributed by atoms with Crippen LogP contribution in [0.2, 0.25) is 0 Å². The predicted molar refractivity (Wildman–Crippen MR) is 59.4 cm³/mol. The molecule has 0 aliphatic carbocycles. The van der Waals surface area contributed by atoms with Crippen LogP contribution in [0.3, 0.4) is 0 Å². The fourth-order valence-corrected chi connectivity index (χ4v) is 1.54. The zero-order valence-electron chi connectivity index (χ0n) is 8.00. The molecule has 0 aliphatic heterocycles. The number of hydrogen-bond acceptors (Lipinski definition) is 3. The van der Waals surface area contributed by atoms with E-state index in [1.807, 2.05) is 0 Å². The Balaban J connectivity index is 2.65. The van der Waals surface area contributed by atoms with E-state index in [-0.39, 0.29) is 13.0 Å². The van der Waals surface area contributed by atoms with Crippen molar-refractivity contribution in [3.05, 3.63) is 28.2 Å². The molecule has 0 spiro atoms. The van der Waals surface area contributed by atoms with E-state index >= 15 is 0 Å². The average molecular weight is 276 g/mol. The summed E-state index contributed by atoms with van der Waals surface area (Å²) in [6.45, 7) is -0.407. The number of carbonyl (C=O) groups is 1. The van der Waals surface area contributed by atoms with Gasteiger partial charge in [-0.3, -0.25) is 4.39 Å². The van der Waals surface area contributed by atoms with Crippen LogP contribution in [0.5, 0.6) is 0 Å². The van der Waals surface area contributed by atoms with E-state index < -0.39 is 12.6 Å². The summed E-state index contributed by atoms with van der Waals surface area (Å²) in [4.78, 5) is 11.4. The summed E-state index contributed by atoms with van der Waals surface area (Å²) in [6, 6.07) is 4.80. The van der Waals surface area contributed by atoms with Crippen LogP contribution in [0.4, 0.5) is 10.1 Å². The maximum atomic E-state index is 11.8. The molecule has 1 rings (SSSR count). The van der Waals surface area contributed by atoms with Gasteiger partial charge in [-0.2, -0.15) is 0 Å². The lowest BCUT2D eigenvalue weighted by Gasteiger charge is -2.04. The van der Waals surface area contributed by atoms with E-state index in [4.69, 9.17) is 10.5 Å². The number of nitrogen functional groups attached to an aromatic ring is 1. The minimum Gasteiger partial charge on any atom is -0.462 e. The van der Waals surface area contributed by atoms with Gasteiger partial charge in [0.2, 0.25) is 0 Å². The summed E-state index contributed by atoms with van der Waals surface area (Å²) < 4.78 is 17.3. The van der Waals surface area contributed by atoms with Gasteiger partial charge >= 0.3 is 5.97 Å². The number of benzene rings is 1. The Morgan fingerprint density at radius 1 is 1.47 bits per heavy atom. The summed E-state index contributed by atoms with van der Waals surface area (Å²) in [6.07, 6.45) is 0.217. The minimum atomic E-state index is -0.492. The summed E-state index contributed by atoms with van der Waals surface area (Å²) in [5.41, 5.74) is 6.39. The third kappa shape index (κ3) is 3.87. The van der Waals surface area contributed by atoms with Crippen molar-refractivity contribution in [2.75, 3.05) is 19.0 Å². The molecule has 5 heteroatoms. The van der Waals surface area contributed by atoms with Crippen LogP contribution >= 0.6 is 15.9 Å². The SMILES string of the molecule is Nc1cc(Br)cc(C(=O)OCCCF)c1. The minimum absolute atomic E-state index is 0.0851. The fourth-order valence-electron chi connectivity index (χ4n) is 1.03. The highest BCUT2D eigenvalue weighted by atomic mass is 79.9. The van der Waals surface area contributed by atoms with E-state index in [0.29, 0.717) is 15.7 Å². The third-order valence-electron chi connectivity index (χ3n) is 1.67. The summed E-state index contributed by atoms with van der Waals surface area (Å²) in [7, 11) is 0. The van der Waals surface area contributed by atoms with Crippen LogP contribution in [-0.4, -0.2) is 19.3 Å². The molecule has 2 N–H and O–H groups in total. The second-order valence-electron chi connectivity index (χ2n) is 2.95. The largest absolute Gasteiger partial charge is 0.462 e.